The molecule has 0 atom stereocenters. The Morgan fingerprint density at radius 1 is 1.11 bits per heavy atom. The Hall–Kier alpha value is -0.840. The molecule has 0 spiro atoms. The van der Waals surface area contributed by atoms with Gasteiger partial charge in [0.25, 0.3) is 5.91 Å². The van der Waals surface area contributed by atoms with E-state index in [1.54, 1.807) is 24.3 Å². The van der Waals surface area contributed by atoms with Crippen LogP contribution in [0.5, 0.6) is 0 Å². The number of amides is 1. The molecule has 2 aromatic rings. The number of nitrogens with one attached hydrogen (secondary N) is 1. The van der Waals surface area contributed by atoms with E-state index in [1.807, 2.05) is 19.1 Å². The Morgan fingerprint density at radius 2 is 1.84 bits per heavy atom. The molecule has 5 heteroatoms. The second kappa shape index (κ2) is 6.07. The van der Waals surface area contributed by atoms with Gasteiger partial charge < -0.3 is 5.32 Å². The van der Waals surface area contributed by atoms with Crippen molar-refractivity contribution in [2.75, 3.05) is 5.32 Å². The zero-order valence-electron chi connectivity index (χ0n) is 10.0. The monoisotopic (exact) mass is 401 g/mol. The summed E-state index contributed by atoms with van der Waals surface area (Å²) in [6.45, 7) is 1.97. The maximum atomic E-state index is 12.2. The molecule has 0 saturated carbocycles. The van der Waals surface area contributed by atoms with E-state index in [0.717, 1.165) is 14.5 Å². The van der Waals surface area contributed by atoms with Gasteiger partial charge in [0.15, 0.2) is 0 Å². The number of hydrogen-bond acceptors (Lipinski definition) is 1. The SMILES string of the molecule is Cc1ccc(C(=O)Nc2cc(Cl)ccc2Br)c(Br)c1. The van der Waals surface area contributed by atoms with Gasteiger partial charge in [0.1, 0.15) is 0 Å². The van der Waals surface area contributed by atoms with Gasteiger partial charge in [0, 0.05) is 14.0 Å². The fraction of sp³-hybridized carbons (Fsp3) is 0.0714. The van der Waals surface area contributed by atoms with E-state index in [9.17, 15) is 4.79 Å². The van der Waals surface area contributed by atoms with Crippen molar-refractivity contribution in [3.8, 4) is 0 Å². The van der Waals surface area contributed by atoms with Gasteiger partial charge in [-0.25, -0.2) is 0 Å². The van der Waals surface area contributed by atoms with Crippen molar-refractivity contribution < 1.29 is 4.79 Å². The minimum Gasteiger partial charge on any atom is -0.321 e. The molecule has 2 nitrogen and oxygen atoms in total. The van der Waals surface area contributed by atoms with Crippen molar-refractivity contribution in [3.63, 3.8) is 0 Å². The lowest BCUT2D eigenvalue weighted by atomic mass is 10.1. The molecular weight excluding hydrogens is 393 g/mol. The van der Waals surface area contributed by atoms with E-state index in [1.165, 1.54) is 0 Å². The molecule has 1 amide bonds. The highest BCUT2D eigenvalue weighted by molar-refractivity contribution is 9.11. The van der Waals surface area contributed by atoms with Crippen LogP contribution in [0.1, 0.15) is 15.9 Å². The molecular formula is C14H10Br2ClNO. The average molecular weight is 404 g/mol. The number of carbonyl (C=O) groups excluding carboxylic acids is 1. The minimum absolute atomic E-state index is 0.185. The van der Waals surface area contributed by atoms with Gasteiger partial charge in [-0.2, -0.15) is 0 Å². The van der Waals surface area contributed by atoms with Crippen molar-refractivity contribution in [3.05, 3.63) is 61.5 Å². The minimum atomic E-state index is -0.185. The Kier molecular flexibility index (Phi) is 4.66. The molecule has 0 bridgehead atoms. The van der Waals surface area contributed by atoms with Crippen LogP contribution in [-0.4, -0.2) is 5.91 Å². The zero-order chi connectivity index (χ0) is 14.0. The molecule has 19 heavy (non-hydrogen) atoms. The molecule has 0 aliphatic rings. The van der Waals surface area contributed by atoms with Crippen molar-refractivity contribution in [2.24, 2.45) is 0 Å². The molecule has 98 valence electrons. The molecule has 2 rings (SSSR count). The fourth-order valence-corrected chi connectivity index (χ4v) is 2.78. The highest BCUT2D eigenvalue weighted by Gasteiger charge is 2.12. The van der Waals surface area contributed by atoms with Crippen LogP contribution in [0, 0.1) is 6.92 Å². The number of hydrogen-bond donors (Lipinski definition) is 1. The first-order chi connectivity index (χ1) is 8.97. The maximum Gasteiger partial charge on any atom is 0.256 e. The van der Waals surface area contributed by atoms with Gasteiger partial charge in [-0.1, -0.05) is 17.7 Å². The average Bonchev–Trinajstić information content (AvgIpc) is 2.33. The second-order valence-electron chi connectivity index (χ2n) is 4.06. The van der Waals surface area contributed by atoms with Crippen LogP contribution >= 0.6 is 43.5 Å². The lowest BCUT2D eigenvalue weighted by Crippen LogP contribution is -2.13. The van der Waals surface area contributed by atoms with Crippen LogP contribution in [0.25, 0.3) is 0 Å². The number of anilines is 1. The molecule has 0 fully saturated rings. The molecule has 0 aromatic heterocycles. The van der Waals surface area contributed by atoms with Crippen LogP contribution in [0.4, 0.5) is 5.69 Å². The van der Waals surface area contributed by atoms with Crippen LogP contribution in [0.3, 0.4) is 0 Å². The summed E-state index contributed by atoms with van der Waals surface area (Å²) in [6.07, 6.45) is 0. The number of aryl methyl sites for hydroxylation is 1. The first-order valence-corrected chi connectivity index (χ1v) is 7.46. The van der Waals surface area contributed by atoms with Crippen molar-refractivity contribution in [1.82, 2.24) is 0 Å². The number of benzene rings is 2. The third kappa shape index (κ3) is 3.59. The molecule has 0 heterocycles. The van der Waals surface area contributed by atoms with E-state index < -0.39 is 0 Å². The van der Waals surface area contributed by atoms with Crippen molar-refractivity contribution in [2.45, 2.75) is 6.92 Å². The number of carbonyl (C=O) groups is 1. The van der Waals surface area contributed by atoms with Gasteiger partial charge in [0.2, 0.25) is 0 Å². The van der Waals surface area contributed by atoms with Crippen LogP contribution < -0.4 is 5.32 Å². The lowest BCUT2D eigenvalue weighted by molar-refractivity contribution is 0.102. The first-order valence-electron chi connectivity index (χ1n) is 5.50. The standard InChI is InChI=1S/C14H10Br2ClNO/c1-8-2-4-10(12(16)6-8)14(19)18-13-7-9(17)3-5-11(13)15/h2-7H,1H3,(H,18,19). The summed E-state index contributed by atoms with van der Waals surface area (Å²) in [4.78, 5) is 12.2. The van der Waals surface area contributed by atoms with Crippen LogP contribution in [0.15, 0.2) is 45.3 Å². The summed E-state index contributed by atoms with van der Waals surface area (Å²) in [5.41, 5.74) is 2.31. The highest BCUT2D eigenvalue weighted by Crippen LogP contribution is 2.27. The molecule has 1 N–H and O–H groups in total. The highest BCUT2D eigenvalue weighted by atomic mass is 79.9. The summed E-state index contributed by atoms with van der Waals surface area (Å²) < 4.78 is 1.55. The predicted molar refractivity (Wildman–Crippen MR) is 86.0 cm³/mol. The Balaban J connectivity index is 2.28. The molecule has 0 radical (unpaired) electrons. The smallest absolute Gasteiger partial charge is 0.256 e. The fourth-order valence-electron chi connectivity index (χ4n) is 1.59. The topological polar surface area (TPSA) is 29.1 Å². The molecule has 0 saturated heterocycles. The van der Waals surface area contributed by atoms with Gasteiger partial charge in [-0.3, -0.25) is 4.79 Å². The summed E-state index contributed by atoms with van der Waals surface area (Å²) >= 11 is 12.7. The largest absolute Gasteiger partial charge is 0.321 e. The van der Waals surface area contributed by atoms with E-state index in [2.05, 4.69) is 37.2 Å². The summed E-state index contributed by atoms with van der Waals surface area (Å²) in [5.74, 6) is -0.185. The lowest BCUT2D eigenvalue weighted by Gasteiger charge is -2.09. The van der Waals surface area contributed by atoms with Gasteiger partial charge >= 0.3 is 0 Å². The van der Waals surface area contributed by atoms with Gasteiger partial charge in [0.05, 0.1) is 11.3 Å². The van der Waals surface area contributed by atoms with Crippen molar-refractivity contribution >= 4 is 55.1 Å². The molecule has 0 aliphatic heterocycles. The molecule has 0 aliphatic carbocycles. The van der Waals surface area contributed by atoms with Crippen molar-refractivity contribution in [1.29, 1.82) is 0 Å². The van der Waals surface area contributed by atoms with E-state index in [4.69, 9.17) is 11.6 Å². The quantitative estimate of drug-likeness (QED) is 0.712. The number of rotatable bonds is 2. The zero-order valence-corrected chi connectivity index (χ0v) is 13.9. The van der Waals surface area contributed by atoms with Crippen LogP contribution in [0.2, 0.25) is 5.02 Å². The molecule has 0 unspecified atom stereocenters. The third-order valence-electron chi connectivity index (χ3n) is 2.55. The van der Waals surface area contributed by atoms with Gasteiger partial charge in [-0.15, -0.1) is 0 Å². The van der Waals surface area contributed by atoms with E-state index in [-0.39, 0.29) is 5.91 Å². The summed E-state index contributed by atoms with van der Waals surface area (Å²) in [6, 6.07) is 10.8. The van der Waals surface area contributed by atoms with E-state index >= 15 is 0 Å². The second-order valence-corrected chi connectivity index (χ2v) is 6.21. The van der Waals surface area contributed by atoms with E-state index in [0.29, 0.717) is 16.3 Å². The third-order valence-corrected chi connectivity index (χ3v) is 4.13. The molecule has 2 aromatic carbocycles. The summed E-state index contributed by atoms with van der Waals surface area (Å²) in [5, 5.41) is 3.40. The predicted octanol–water partition coefficient (Wildman–Crippen LogP) is 5.43. The Morgan fingerprint density at radius 3 is 2.53 bits per heavy atom. The maximum absolute atomic E-state index is 12.2. The number of halogens is 3. The Bertz CT molecular complexity index is 643. The normalized spacial score (nSPS) is 10.3. The first kappa shape index (κ1) is 14.6. The summed E-state index contributed by atoms with van der Waals surface area (Å²) in [7, 11) is 0. The van der Waals surface area contributed by atoms with Crippen LogP contribution in [-0.2, 0) is 0 Å². The Labute approximate surface area is 133 Å². The van der Waals surface area contributed by atoms with Gasteiger partial charge in [-0.05, 0) is 74.7 Å².